The Labute approximate surface area is 204 Å². The van der Waals surface area contributed by atoms with Crippen LogP contribution in [0.2, 0.25) is 0 Å². The van der Waals surface area contributed by atoms with Crippen molar-refractivity contribution in [2.45, 2.75) is 30.8 Å². The molecule has 5 rings (SSSR count). The predicted octanol–water partition coefficient (Wildman–Crippen LogP) is 3.37. The first-order chi connectivity index (χ1) is 17.0. The Morgan fingerprint density at radius 1 is 1.00 bits per heavy atom. The van der Waals surface area contributed by atoms with E-state index in [1.165, 1.54) is 9.87 Å². The molecule has 0 saturated carbocycles. The van der Waals surface area contributed by atoms with Gasteiger partial charge in [0.1, 0.15) is 24.2 Å². The number of aryl methyl sites for hydroxylation is 2. The van der Waals surface area contributed by atoms with Crippen molar-refractivity contribution in [1.82, 2.24) is 9.21 Å². The number of para-hydroxylation sites is 1. The average molecular weight is 492 g/mol. The van der Waals surface area contributed by atoms with E-state index in [1.54, 1.807) is 53.4 Å². The molecule has 2 aliphatic rings. The molecule has 35 heavy (non-hydrogen) atoms. The summed E-state index contributed by atoms with van der Waals surface area (Å²) in [6, 6.07) is 17.6. The van der Waals surface area contributed by atoms with Crippen molar-refractivity contribution in [3.05, 3.63) is 82.8 Å². The van der Waals surface area contributed by atoms with Crippen LogP contribution in [0.25, 0.3) is 0 Å². The topological polar surface area (TPSA) is 104 Å². The van der Waals surface area contributed by atoms with Crippen LogP contribution in [0, 0.1) is 11.3 Å². The van der Waals surface area contributed by atoms with E-state index in [9.17, 15) is 13.2 Å². The number of sulfonamides is 1. The van der Waals surface area contributed by atoms with Crippen LogP contribution >= 0.6 is 0 Å². The number of fused-ring (bicyclic) bond motifs is 1. The molecule has 9 heteroatoms. The number of nitrogens with zero attached hydrogens (tertiary/aromatic N) is 3. The lowest BCUT2D eigenvalue weighted by molar-refractivity contribution is 0.0662. The van der Waals surface area contributed by atoms with Crippen LogP contribution in [0.4, 0.5) is 0 Å². The summed E-state index contributed by atoms with van der Waals surface area (Å²) in [6.45, 7) is 1.11. The first-order valence-electron chi connectivity index (χ1n) is 11.6. The zero-order valence-corrected chi connectivity index (χ0v) is 20.0. The maximum absolute atomic E-state index is 13.1. The molecule has 0 radical (unpaired) electrons. The Hall–Kier alpha value is -3.61. The largest absolute Gasteiger partial charge is 0.484 e. The second kappa shape index (κ2) is 9.56. The highest BCUT2D eigenvalue weighted by molar-refractivity contribution is 7.89. The van der Waals surface area contributed by atoms with Gasteiger partial charge in [-0.2, -0.15) is 9.57 Å². The molecule has 0 spiro atoms. The quantitative estimate of drug-likeness (QED) is 0.524. The molecule has 2 aromatic carbocycles. The minimum atomic E-state index is -3.60. The summed E-state index contributed by atoms with van der Waals surface area (Å²) in [5.74, 6) is 0.786. The fourth-order valence-corrected chi connectivity index (χ4v) is 6.02. The lowest BCUT2D eigenvalue weighted by atomic mass is 10.1. The molecular weight excluding hydrogens is 466 g/mol. The number of amides is 1. The zero-order chi connectivity index (χ0) is 24.4. The molecule has 8 nitrogen and oxygen atoms in total. The molecule has 1 saturated heterocycles. The van der Waals surface area contributed by atoms with Gasteiger partial charge in [-0.15, -0.1) is 0 Å². The van der Waals surface area contributed by atoms with Gasteiger partial charge in [0.2, 0.25) is 10.0 Å². The van der Waals surface area contributed by atoms with E-state index >= 15 is 0 Å². The van der Waals surface area contributed by atoms with Crippen LogP contribution in [0.5, 0.6) is 5.75 Å². The zero-order valence-electron chi connectivity index (χ0n) is 19.1. The standard InChI is InChI=1S/C26H25N3O5S/c27-17-21-4-1-2-7-24(21)33-18-22-9-11-25(34-22)26(30)28-12-14-29(15-13-28)35(31,32)23-10-8-19-5-3-6-20(19)16-23/h1-2,4,7-11,16H,3,5-6,12-15,18H2. The fraction of sp³-hybridized carbons (Fsp3) is 0.308. The van der Waals surface area contributed by atoms with Gasteiger partial charge in [0.25, 0.3) is 5.91 Å². The number of piperazine rings is 1. The number of carbonyl (C=O) groups excluding carboxylic acids is 1. The smallest absolute Gasteiger partial charge is 0.289 e. The Kier molecular flexibility index (Phi) is 6.32. The van der Waals surface area contributed by atoms with E-state index in [2.05, 4.69) is 6.07 Å². The van der Waals surface area contributed by atoms with Crippen LogP contribution in [0.15, 0.2) is 63.9 Å². The fourth-order valence-electron chi connectivity index (χ4n) is 4.55. The highest BCUT2D eigenvalue weighted by Crippen LogP contribution is 2.27. The molecule has 1 amide bonds. The van der Waals surface area contributed by atoms with Crippen LogP contribution in [0.1, 0.15) is 39.4 Å². The number of furan rings is 1. The molecule has 0 N–H and O–H groups in total. The monoisotopic (exact) mass is 491 g/mol. The van der Waals surface area contributed by atoms with Crippen molar-refractivity contribution in [1.29, 1.82) is 5.26 Å². The van der Waals surface area contributed by atoms with Gasteiger partial charge in [0.05, 0.1) is 10.5 Å². The molecule has 0 bridgehead atoms. The third-order valence-corrected chi connectivity index (χ3v) is 8.38. The van der Waals surface area contributed by atoms with Gasteiger partial charge in [-0.05, 0) is 66.8 Å². The second-order valence-electron chi connectivity index (χ2n) is 8.64. The lowest BCUT2D eigenvalue weighted by Gasteiger charge is -2.33. The van der Waals surface area contributed by atoms with Crippen molar-refractivity contribution >= 4 is 15.9 Å². The van der Waals surface area contributed by atoms with Gasteiger partial charge in [0.15, 0.2) is 5.76 Å². The Morgan fingerprint density at radius 2 is 1.77 bits per heavy atom. The summed E-state index contributed by atoms with van der Waals surface area (Å²) in [5, 5.41) is 9.16. The van der Waals surface area contributed by atoms with Crippen LogP contribution in [0.3, 0.4) is 0 Å². The molecule has 1 aromatic heterocycles. The summed E-state index contributed by atoms with van der Waals surface area (Å²) in [5.41, 5.74) is 2.77. The molecule has 1 aliphatic carbocycles. The maximum atomic E-state index is 13.1. The molecule has 0 atom stereocenters. The molecular formula is C26H25N3O5S. The van der Waals surface area contributed by atoms with Gasteiger partial charge in [-0.1, -0.05) is 18.2 Å². The van der Waals surface area contributed by atoms with Crippen molar-refractivity contribution in [2.24, 2.45) is 0 Å². The molecule has 2 heterocycles. The van der Waals surface area contributed by atoms with Crippen LogP contribution in [-0.4, -0.2) is 49.7 Å². The lowest BCUT2D eigenvalue weighted by Crippen LogP contribution is -2.50. The first kappa shape index (κ1) is 23.1. The Balaban J connectivity index is 1.19. The number of benzene rings is 2. The number of rotatable bonds is 6. The molecule has 180 valence electrons. The summed E-state index contributed by atoms with van der Waals surface area (Å²) in [7, 11) is -3.60. The summed E-state index contributed by atoms with van der Waals surface area (Å²) >= 11 is 0. The van der Waals surface area contributed by atoms with Gasteiger partial charge in [-0.25, -0.2) is 8.42 Å². The summed E-state index contributed by atoms with van der Waals surface area (Å²) in [4.78, 5) is 14.8. The number of hydrogen-bond donors (Lipinski definition) is 0. The van der Waals surface area contributed by atoms with Crippen molar-refractivity contribution in [3.63, 3.8) is 0 Å². The normalized spacial score (nSPS) is 16.0. The number of hydrogen-bond acceptors (Lipinski definition) is 6. The van der Waals surface area contributed by atoms with Gasteiger partial charge in [0, 0.05) is 26.2 Å². The highest BCUT2D eigenvalue weighted by atomic mass is 32.2. The molecule has 1 aliphatic heterocycles. The number of nitriles is 1. The third kappa shape index (κ3) is 4.67. The molecule has 3 aromatic rings. The van der Waals surface area contributed by atoms with E-state index in [0.29, 0.717) is 22.0 Å². The van der Waals surface area contributed by atoms with E-state index in [4.69, 9.17) is 14.4 Å². The van der Waals surface area contributed by atoms with Crippen molar-refractivity contribution in [2.75, 3.05) is 26.2 Å². The van der Waals surface area contributed by atoms with Crippen molar-refractivity contribution < 1.29 is 22.4 Å². The Bertz CT molecular complexity index is 1400. The Morgan fingerprint density at radius 3 is 2.57 bits per heavy atom. The van der Waals surface area contributed by atoms with E-state index in [0.717, 1.165) is 24.8 Å². The molecule has 0 unspecified atom stereocenters. The number of carbonyl (C=O) groups is 1. The third-order valence-electron chi connectivity index (χ3n) is 6.48. The second-order valence-corrected chi connectivity index (χ2v) is 10.6. The minimum Gasteiger partial charge on any atom is -0.484 e. The average Bonchev–Trinajstić information content (AvgIpc) is 3.56. The predicted molar refractivity (Wildman–Crippen MR) is 127 cm³/mol. The molecule has 1 fully saturated rings. The van der Waals surface area contributed by atoms with Crippen LogP contribution < -0.4 is 4.74 Å². The van der Waals surface area contributed by atoms with Crippen molar-refractivity contribution in [3.8, 4) is 11.8 Å². The van der Waals surface area contributed by atoms with E-state index in [-0.39, 0.29) is 44.5 Å². The van der Waals surface area contributed by atoms with Gasteiger partial charge >= 0.3 is 0 Å². The SMILES string of the molecule is N#Cc1ccccc1OCc1ccc(C(=O)N2CCN(S(=O)(=O)c3ccc4c(c3)CCC4)CC2)o1. The summed E-state index contributed by atoms with van der Waals surface area (Å²) in [6.07, 6.45) is 2.99. The van der Waals surface area contributed by atoms with Gasteiger partial charge < -0.3 is 14.1 Å². The van der Waals surface area contributed by atoms with Crippen LogP contribution in [-0.2, 0) is 29.5 Å². The summed E-state index contributed by atoms with van der Waals surface area (Å²) < 4.78 is 39.1. The minimum absolute atomic E-state index is 0.0821. The van der Waals surface area contributed by atoms with E-state index in [1.807, 2.05) is 6.07 Å². The number of ether oxygens (including phenoxy) is 1. The van der Waals surface area contributed by atoms with E-state index < -0.39 is 10.0 Å². The van der Waals surface area contributed by atoms with Gasteiger partial charge in [-0.3, -0.25) is 4.79 Å². The first-order valence-corrected chi connectivity index (χ1v) is 13.0. The highest BCUT2D eigenvalue weighted by Gasteiger charge is 2.32. The maximum Gasteiger partial charge on any atom is 0.289 e.